The molecule has 20 heavy (non-hydrogen) atoms. The van der Waals surface area contributed by atoms with Gasteiger partial charge in [0, 0.05) is 32.7 Å². The molecule has 0 radical (unpaired) electrons. The fourth-order valence-electron chi connectivity index (χ4n) is 2.42. The molecule has 0 aliphatic carbocycles. The van der Waals surface area contributed by atoms with Gasteiger partial charge in [0.25, 0.3) is 0 Å². The average Bonchev–Trinajstić information content (AvgIpc) is 2.44. The third-order valence-corrected chi connectivity index (χ3v) is 3.55. The number of benzene rings is 1. The number of hydrogen-bond donors (Lipinski definition) is 1. The highest BCUT2D eigenvalue weighted by Gasteiger charge is 2.17. The molecule has 0 unspecified atom stereocenters. The maximum Gasteiger partial charge on any atom is 0.236 e. The van der Waals surface area contributed by atoms with Crippen LogP contribution in [0.25, 0.3) is 0 Å². The van der Waals surface area contributed by atoms with Gasteiger partial charge in [-0.05, 0) is 31.2 Å². The molecule has 1 N–H and O–H groups in total. The van der Waals surface area contributed by atoms with Crippen molar-refractivity contribution in [2.24, 2.45) is 0 Å². The highest BCUT2D eigenvalue weighted by atomic mass is 19.1. The van der Waals surface area contributed by atoms with Crippen molar-refractivity contribution in [3.8, 4) is 0 Å². The number of amides is 1. The van der Waals surface area contributed by atoms with Gasteiger partial charge < -0.3 is 10.2 Å². The summed E-state index contributed by atoms with van der Waals surface area (Å²) in [6, 6.07) is 5.09. The molecule has 0 bridgehead atoms. The third-order valence-electron chi connectivity index (χ3n) is 3.55. The number of rotatable bonds is 4. The molecule has 1 amide bonds. The monoisotopic (exact) mass is 279 g/mol. The van der Waals surface area contributed by atoms with E-state index in [1.54, 1.807) is 13.0 Å². The van der Waals surface area contributed by atoms with Gasteiger partial charge in [-0.25, -0.2) is 4.39 Å². The van der Waals surface area contributed by atoms with E-state index in [9.17, 15) is 9.18 Å². The van der Waals surface area contributed by atoms with Gasteiger partial charge in [0.15, 0.2) is 0 Å². The predicted molar refractivity (Wildman–Crippen MR) is 76.9 cm³/mol. The maximum absolute atomic E-state index is 13.2. The molecule has 5 heteroatoms. The topological polar surface area (TPSA) is 35.6 Å². The summed E-state index contributed by atoms with van der Waals surface area (Å²) in [5.41, 5.74) is 1.67. The molecule has 1 aliphatic rings. The molecule has 2 rings (SSSR count). The van der Waals surface area contributed by atoms with Crippen LogP contribution in [0.5, 0.6) is 0 Å². The summed E-state index contributed by atoms with van der Waals surface area (Å²) >= 11 is 0. The van der Waals surface area contributed by atoms with Gasteiger partial charge in [-0.15, -0.1) is 0 Å². The van der Waals surface area contributed by atoms with Crippen LogP contribution in [-0.4, -0.2) is 55.5 Å². The van der Waals surface area contributed by atoms with Crippen molar-refractivity contribution in [1.82, 2.24) is 15.1 Å². The number of nitrogens with zero attached hydrogens (tertiary/aromatic N) is 2. The quantitative estimate of drug-likeness (QED) is 0.893. The largest absolute Gasteiger partial charge is 0.339 e. The van der Waals surface area contributed by atoms with E-state index in [1.807, 2.05) is 22.9 Å². The zero-order valence-electron chi connectivity index (χ0n) is 12.2. The van der Waals surface area contributed by atoms with E-state index in [-0.39, 0.29) is 11.7 Å². The molecule has 0 atom stereocenters. The second-order valence-corrected chi connectivity index (χ2v) is 5.39. The molecule has 1 aromatic carbocycles. The average molecular weight is 279 g/mol. The molecule has 1 aromatic rings. The number of piperazine rings is 1. The Kier molecular flexibility index (Phi) is 5.09. The summed E-state index contributed by atoms with van der Waals surface area (Å²) in [4.78, 5) is 16.0. The van der Waals surface area contributed by atoms with Crippen molar-refractivity contribution in [3.63, 3.8) is 0 Å². The second-order valence-electron chi connectivity index (χ2n) is 5.39. The van der Waals surface area contributed by atoms with Crippen LogP contribution in [0.3, 0.4) is 0 Å². The lowest BCUT2D eigenvalue weighted by Crippen LogP contribution is -2.49. The van der Waals surface area contributed by atoms with Crippen LogP contribution in [-0.2, 0) is 11.3 Å². The Morgan fingerprint density at radius 2 is 2.10 bits per heavy atom. The Bertz CT molecular complexity index is 472. The van der Waals surface area contributed by atoms with Crippen molar-refractivity contribution in [2.45, 2.75) is 13.5 Å². The molecule has 0 spiro atoms. The number of carbonyl (C=O) groups is 1. The highest BCUT2D eigenvalue weighted by Crippen LogP contribution is 2.11. The first-order valence-corrected chi connectivity index (χ1v) is 6.98. The predicted octanol–water partition coefficient (Wildman–Crippen LogP) is 0.998. The van der Waals surface area contributed by atoms with Crippen LogP contribution in [0.4, 0.5) is 4.39 Å². The van der Waals surface area contributed by atoms with Crippen molar-refractivity contribution in [2.75, 3.05) is 39.8 Å². The summed E-state index contributed by atoms with van der Waals surface area (Å²) in [7, 11) is 1.92. The standard InChI is InChI=1S/C15H22FN3O/c1-12-9-13(3-4-14(12)16)10-18(2)11-15(20)19-7-5-17-6-8-19/h3-4,9,17H,5-8,10-11H2,1-2H3. The minimum atomic E-state index is -0.187. The normalized spacial score (nSPS) is 15.7. The van der Waals surface area contributed by atoms with Crippen LogP contribution >= 0.6 is 0 Å². The lowest BCUT2D eigenvalue weighted by Gasteiger charge is -2.29. The zero-order valence-corrected chi connectivity index (χ0v) is 12.2. The summed E-state index contributed by atoms with van der Waals surface area (Å²) in [5, 5.41) is 3.23. The van der Waals surface area contributed by atoms with Crippen molar-refractivity contribution >= 4 is 5.91 Å². The number of halogens is 1. The minimum absolute atomic E-state index is 0.160. The first kappa shape index (κ1) is 14.9. The Balaban J connectivity index is 1.86. The third kappa shape index (κ3) is 4.02. The van der Waals surface area contributed by atoms with Gasteiger partial charge in [-0.1, -0.05) is 12.1 Å². The van der Waals surface area contributed by atoms with Crippen molar-refractivity contribution in [3.05, 3.63) is 35.1 Å². The molecule has 0 saturated carbocycles. The van der Waals surface area contributed by atoms with E-state index in [1.165, 1.54) is 6.07 Å². The molecule has 1 aliphatic heterocycles. The molecular formula is C15H22FN3O. The Hall–Kier alpha value is -1.46. The number of aryl methyl sites for hydroxylation is 1. The van der Waals surface area contributed by atoms with E-state index in [0.29, 0.717) is 18.7 Å². The van der Waals surface area contributed by atoms with E-state index < -0.39 is 0 Å². The molecule has 1 saturated heterocycles. The van der Waals surface area contributed by atoms with Crippen LogP contribution in [0, 0.1) is 12.7 Å². The van der Waals surface area contributed by atoms with Gasteiger partial charge >= 0.3 is 0 Å². The molecule has 4 nitrogen and oxygen atoms in total. The molecule has 1 fully saturated rings. The second kappa shape index (κ2) is 6.81. The zero-order chi connectivity index (χ0) is 14.5. The molecule has 110 valence electrons. The molecular weight excluding hydrogens is 257 g/mol. The van der Waals surface area contributed by atoms with Crippen LogP contribution < -0.4 is 5.32 Å². The van der Waals surface area contributed by atoms with Crippen molar-refractivity contribution in [1.29, 1.82) is 0 Å². The minimum Gasteiger partial charge on any atom is -0.339 e. The number of hydrogen-bond acceptors (Lipinski definition) is 3. The van der Waals surface area contributed by atoms with E-state index in [2.05, 4.69) is 5.32 Å². The van der Waals surface area contributed by atoms with Crippen LogP contribution in [0.1, 0.15) is 11.1 Å². The van der Waals surface area contributed by atoms with E-state index in [4.69, 9.17) is 0 Å². The molecule has 0 aromatic heterocycles. The van der Waals surface area contributed by atoms with E-state index in [0.717, 1.165) is 31.7 Å². The van der Waals surface area contributed by atoms with Gasteiger partial charge in [0.05, 0.1) is 6.54 Å². The summed E-state index contributed by atoms with van der Waals surface area (Å²) in [6.45, 7) is 6.10. The fraction of sp³-hybridized carbons (Fsp3) is 0.533. The van der Waals surface area contributed by atoms with Gasteiger partial charge in [-0.3, -0.25) is 9.69 Å². The maximum atomic E-state index is 13.2. The fourth-order valence-corrected chi connectivity index (χ4v) is 2.42. The lowest BCUT2D eigenvalue weighted by atomic mass is 10.1. The van der Waals surface area contributed by atoms with Crippen LogP contribution in [0.2, 0.25) is 0 Å². The summed E-state index contributed by atoms with van der Waals surface area (Å²) < 4.78 is 13.2. The molecule has 1 heterocycles. The van der Waals surface area contributed by atoms with Gasteiger partial charge in [0.2, 0.25) is 5.91 Å². The number of nitrogens with one attached hydrogen (secondary N) is 1. The summed E-state index contributed by atoms with van der Waals surface area (Å²) in [6.07, 6.45) is 0. The number of carbonyl (C=O) groups excluding carboxylic acids is 1. The van der Waals surface area contributed by atoms with Crippen molar-refractivity contribution < 1.29 is 9.18 Å². The summed E-state index contributed by atoms with van der Waals surface area (Å²) in [5.74, 6) is -0.0267. The highest BCUT2D eigenvalue weighted by molar-refractivity contribution is 5.78. The van der Waals surface area contributed by atoms with E-state index >= 15 is 0 Å². The van der Waals surface area contributed by atoms with Gasteiger partial charge in [-0.2, -0.15) is 0 Å². The smallest absolute Gasteiger partial charge is 0.236 e. The van der Waals surface area contributed by atoms with Crippen LogP contribution in [0.15, 0.2) is 18.2 Å². The first-order valence-electron chi connectivity index (χ1n) is 6.98. The lowest BCUT2D eigenvalue weighted by molar-refractivity contribution is -0.132. The Labute approximate surface area is 119 Å². The first-order chi connectivity index (χ1) is 9.56. The van der Waals surface area contributed by atoms with Gasteiger partial charge in [0.1, 0.15) is 5.82 Å². The Morgan fingerprint density at radius 3 is 2.75 bits per heavy atom. The number of likely N-dealkylation sites (N-methyl/N-ethyl adjacent to an activating group) is 1. The Morgan fingerprint density at radius 1 is 1.40 bits per heavy atom. The SMILES string of the molecule is Cc1cc(CN(C)CC(=O)N2CCNCC2)ccc1F.